The summed E-state index contributed by atoms with van der Waals surface area (Å²) in [6.45, 7) is 10.5. The van der Waals surface area contributed by atoms with Crippen molar-refractivity contribution >= 4 is 0 Å². The normalized spacial score (nSPS) is 35.8. The van der Waals surface area contributed by atoms with E-state index in [1.807, 2.05) is 19.9 Å². The van der Waals surface area contributed by atoms with Crippen molar-refractivity contribution in [2.75, 3.05) is 26.4 Å². The quantitative estimate of drug-likeness (QED) is 0.811. The number of aliphatic hydroxyl groups is 1. The molecule has 1 atom stereocenters. The van der Waals surface area contributed by atoms with Gasteiger partial charge in [0.15, 0.2) is 11.6 Å². The zero-order valence-corrected chi connectivity index (χ0v) is 14.1. The van der Waals surface area contributed by atoms with Crippen molar-refractivity contribution < 1.29 is 24.1 Å². The summed E-state index contributed by atoms with van der Waals surface area (Å²) in [6, 6.07) is 0. The Hall–Kier alpha value is -0.460. The van der Waals surface area contributed by atoms with E-state index < -0.39 is 17.2 Å². The van der Waals surface area contributed by atoms with Gasteiger partial charge in [0, 0.05) is 18.3 Å². The van der Waals surface area contributed by atoms with E-state index in [9.17, 15) is 5.11 Å². The van der Waals surface area contributed by atoms with Gasteiger partial charge in [0.2, 0.25) is 0 Å². The summed E-state index contributed by atoms with van der Waals surface area (Å²) in [4.78, 5) is 0. The third-order valence-electron chi connectivity index (χ3n) is 5.51. The molecule has 1 unspecified atom stereocenters. The highest BCUT2D eigenvalue weighted by molar-refractivity contribution is 5.28. The summed E-state index contributed by atoms with van der Waals surface area (Å²) in [5, 5.41) is 11.4. The van der Waals surface area contributed by atoms with Crippen molar-refractivity contribution in [2.45, 2.75) is 64.1 Å². The van der Waals surface area contributed by atoms with Gasteiger partial charge >= 0.3 is 0 Å². The topological polar surface area (TPSA) is 57.2 Å². The molecule has 2 aliphatic heterocycles. The summed E-state index contributed by atoms with van der Waals surface area (Å²) in [7, 11) is 0. The molecule has 2 fully saturated rings. The Labute approximate surface area is 132 Å². The monoisotopic (exact) mass is 312 g/mol. The molecule has 1 aliphatic carbocycles. The minimum atomic E-state index is -0.911. The molecular formula is C17H28O5. The van der Waals surface area contributed by atoms with Gasteiger partial charge < -0.3 is 24.1 Å². The first-order valence-corrected chi connectivity index (χ1v) is 8.19. The molecule has 2 heterocycles. The predicted molar refractivity (Wildman–Crippen MR) is 81.3 cm³/mol. The lowest BCUT2D eigenvalue weighted by molar-refractivity contribution is -0.193. The molecule has 0 radical (unpaired) electrons. The summed E-state index contributed by atoms with van der Waals surface area (Å²) in [6.07, 6.45) is 3.86. The van der Waals surface area contributed by atoms with Crippen molar-refractivity contribution in [3.8, 4) is 0 Å². The van der Waals surface area contributed by atoms with Crippen LogP contribution in [0.1, 0.15) is 47.0 Å². The maximum atomic E-state index is 11.4. The first kappa shape index (κ1) is 16.4. The minimum Gasteiger partial charge on any atom is -0.385 e. The second-order valence-electron chi connectivity index (χ2n) is 7.59. The predicted octanol–water partition coefficient (Wildman–Crippen LogP) is 2.38. The second-order valence-corrected chi connectivity index (χ2v) is 7.59. The van der Waals surface area contributed by atoms with Crippen LogP contribution in [-0.2, 0) is 18.9 Å². The molecule has 0 saturated carbocycles. The van der Waals surface area contributed by atoms with Crippen LogP contribution in [0.5, 0.6) is 0 Å². The van der Waals surface area contributed by atoms with Gasteiger partial charge in [-0.05, 0) is 31.9 Å². The molecule has 22 heavy (non-hydrogen) atoms. The first-order valence-electron chi connectivity index (χ1n) is 8.19. The second kappa shape index (κ2) is 5.28. The van der Waals surface area contributed by atoms with Crippen LogP contribution in [0.15, 0.2) is 11.6 Å². The zero-order valence-electron chi connectivity index (χ0n) is 14.1. The number of ether oxygens (including phenoxy) is 4. The molecule has 1 N–H and O–H groups in total. The standard InChI is InChI=1S/C17H28O5/c1-13-11-16(21-9-10-22-16)12-14(2,3)17(13,18)6-5-15(4)19-7-8-20-15/h11,18H,5-10,12H2,1-4H3. The molecule has 0 amide bonds. The molecule has 5 heteroatoms. The van der Waals surface area contributed by atoms with Crippen LogP contribution in [0.4, 0.5) is 0 Å². The van der Waals surface area contributed by atoms with Crippen LogP contribution in [-0.4, -0.2) is 48.7 Å². The van der Waals surface area contributed by atoms with E-state index in [0.29, 0.717) is 45.7 Å². The third kappa shape index (κ3) is 2.63. The van der Waals surface area contributed by atoms with E-state index in [-0.39, 0.29) is 5.41 Å². The average Bonchev–Trinajstić information content (AvgIpc) is 3.04. The van der Waals surface area contributed by atoms with E-state index in [1.54, 1.807) is 0 Å². The van der Waals surface area contributed by atoms with E-state index in [0.717, 1.165) is 5.57 Å². The molecule has 0 aromatic rings. The van der Waals surface area contributed by atoms with Gasteiger partial charge in [-0.25, -0.2) is 0 Å². The SMILES string of the molecule is CC1=CC2(CC(C)(C)C1(O)CCC1(C)OCCO1)OCCO2. The van der Waals surface area contributed by atoms with E-state index in [1.165, 1.54) is 0 Å². The fourth-order valence-corrected chi connectivity index (χ4v) is 4.10. The minimum absolute atomic E-state index is 0.356. The van der Waals surface area contributed by atoms with Crippen molar-refractivity contribution in [1.82, 2.24) is 0 Å². The molecule has 2 saturated heterocycles. The maximum absolute atomic E-state index is 11.4. The number of hydrogen-bond donors (Lipinski definition) is 1. The van der Waals surface area contributed by atoms with Crippen LogP contribution >= 0.6 is 0 Å². The largest absolute Gasteiger partial charge is 0.385 e. The smallest absolute Gasteiger partial charge is 0.188 e. The Morgan fingerprint density at radius 3 is 2.05 bits per heavy atom. The molecule has 0 aromatic heterocycles. The lowest BCUT2D eigenvalue weighted by Gasteiger charge is -2.51. The Kier molecular flexibility index (Phi) is 3.94. The summed E-state index contributed by atoms with van der Waals surface area (Å²) in [5.41, 5.74) is -0.357. The summed E-state index contributed by atoms with van der Waals surface area (Å²) >= 11 is 0. The van der Waals surface area contributed by atoms with Gasteiger partial charge in [0.25, 0.3) is 0 Å². The van der Waals surface area contributed by atoms with Crippen molar-refractivity contribution in [3.63, 3.8) is 0 Å². The molecule has 0 aromatic carbocycles. The highest BCUT2D eigenvalue weighted by atomic mass is 16.7. The number of rotatable bonds is 3. The Morgan fingerprint density at radius 2 is 1.50 bits per heavy atom. The highest BCUT2D eigenvalue weighted by Crippen LogP contribution is 2.52. The summed E-state index contributed by atoms with van der Waals surface area (Å²) < 4.78 is 23.0. The van der Waals surface area contributed by atoms with Gasteiger partial charge in [-0.3, -0.25) is 0 Å². The Balaban J connectivity index is 1.81. The summed E-state index contributed by atoms with van der Waals surface area (Å²) in [5.74, 6) is -1.24. The van der Waals surface area contributed by atoms with Crippen LogP contribution in [0.25, 0.3) is 0 Å². The van der Waals surface area contributed by atoms with E-state index >= 15 is 0 Å². The van der Waals surface area contributed by atoms with E-state index in [2.05, 4.69) is 13.8 Å². The van der Waals surface area contributed by atoms with Crippen LogP contribution < -0.4 is 0 Å². The Morgan fingerprint density at radius 1 is 0.955 bits per heavy atom. The van der Waals surface area contributed by atoms with E-state index in [4.69, 9.17) is 18.9 Å². The van der Waals surface area contributed by atoms with Gasteiger partial charge in [-0.15, -0.1) is 0 Å². The molecule has 3 aliphatic rings. The van der Waals surface area contributed by atoms with Gasteiger partial charge in [0.05, 0.1) is 32.0 Å². The lowest BCUT2D eigenvalue weighted by atomic mass is 9.61. The zero-order chi connectivity index (χ0) is 16.1. The highest BCUT2D eigenvalue weighted by Gasteiger charge is 2.55. The number of hydrogen-bond acceptors (Lipinski definition) is 5. The average molecular weight is 312 g/mol. The van der Waals surface area contributed by atoms with Crippen molar-refractivity contribution in [1.29, 1.82) is 0 Å². The molecular weight excluding hydrogens is 284 g/mol. The fraction of sp³-hybridized carbons (Fsp3) is 0.882. The molecule has 3 rings (SSSR count). The van der Waals surface area contributed by atoms with Crippen molar-refractivity contribution in [3.05, 3.63) is 11.6 Å². The van der Waals surface area contributed by atoms with Crippen LogP contribution in [0.3, 0.4) is 0 Å². The molecule has 126 valence electrons. The van der Waals surface area contributed by atoms with Crippen LogP contribution in [0.2, 0.25) is 0 Å². The van der Waals surface area contributed by atoms with Gasteiger partial charge in [0.1, 0.15) is 0 Å². The third-order valence-corrected chi connectivity index (χ3v) is 5.51. The molecule has 1 spiro atoms. The Bertz CT molecular complexity index is 458. The maximum Gasteiger partial charge on any atom is 0.188 e. The van der Waals surface area contributed by atoms with Gasteiger partial charge in [-0.1, -0.05) is 13.8 Å². The molecule has 5 nitrogen and oxygen atoms in total. The fourth-order valence-electron chi connectivity index (χ4n) is 4.10. The molecule has 0 bridgehead atoms. The first-order chi connectivity index (χ1) is 10.2. The lowest BCUT2D eigenvalue weighted by Crippen LogP contribution is -2.55. The van der Waals surface area contributed by atoms with Crippen molar-refractivity contribution in [2.24, 2.45) is 5.41 Å². The van der Waals surface area contributed by atoms with Crippen LogP contribution in [0, 0.1) is 5.41 Å². The van der Waals surface area contributed by atoms with Gasteiger partial charge in [-0.2, -0.15) is 0 Å².